The SMILES string of the molecule is CCC1=C(C)c2cc3nc(cc4[nH]c(c5c6[nH]c(cc1n2)c(C)c6C(=O)N(CCOCCOCCO)C5=O)[C@@H](CCC(=O)N(C)CCNC(=O)OC(C)(C)C)[C@@H]4C)C(C)=C3/C=C/C(=O)OCCOCCOCCOC. The van der Waals surface area contributed by atoms with E-state index in [2.05, 4.69) is 15.3 Å². The Balaban J connectivity index is 1.43. The van der Waals surface area contributed by atoms with Crippen molar-refractivity contribution in [2.45, 2.75) is 92.1 Å². The molecule has 20 nitrogen and oxygen atoms in total. The summed E-state index contributed by atoms with van der Waals surface area (Å²) < 4.78 is 37.9. The summed E-state index contributed by atoms with van der Waals surface area (Å²) in [7, 11) is 3.28. The lowest BCUT2D eigenvalue weighted by molar-refractivity contribution is -0.139. The van der Waals surface area contributed by atoms with Crippen LogP contribution >= 0.6 is 0 Å². The highest BCUT2D eigenvalue weighted by molar-refractivity contribution is 6.23. The third kappa shape index (κ3) is 14.8. The van der Waals surface area contributed by atoms with Gasteiger partial charge in [-0.05, 0) is 101 Å². The van der Waals surface area contributed by atoms with Gasteiger partial charge < -0.3 is 58.4 Å². The number of aliphatic hydroxyl groups excluding tert-OH is 1. The summed E-state index contributed by atoms with van der Waals surface area (Å²) in [4.78, 5) is 89.2. The van der Waals surface area contributed by atoms with Crippen LogP contribution in [0.2, 0.25) is 0 Å². The van der Waals surface area contributed by atoms with Crippen LogP contribution in [-0.2, 0) is 42.7 Å². The molecule has 4 amide bonds. The van der Waals surface area contributed by atoms with Crippen LogP contribution in [0.3, 0.4) is 0 Å². The Morgan fingerprint density at radius 3 is 2.15 bits per heavy atom. The van der Waals surface area contributed by atoms with Crippen LogP contribution < -0.4 is 5.32 Å². The lowest BCUT2D eigenvalue weighted by Gasteiger charge is -2.27. The minimum absolute atomic E-state index is 0.0390. The van der Waals surface area contributed by atoms with Gasteiger partial charge in [0, 0.05) is 74.1 Å². The van der Waals surface area contributed by atoms with Crippen LogP contribution in [0, 0.1) is 6.92 Å². The van der Waals surface area contributed by atoms with Gasteiger partial charge in [0.15, 0.2) is 0 Å². The highest BCUT2D eigenvalue weighted by Crippen LogP contribution is 2.45. The summed E-state index contributed by atoms with van der Waals surface area (Å²) in [6.45, 7) is 18.0. The molecule has 2 aromatic rings. The molecular weight excluding hydrogens is 967 g/mol. The zero-order valence-corrected chi connectivity index (χ0v) is 45.2. The summed E-state index contributed by atoms with van der Waals surface area (Å²) in [5.74, 6) is -2.46. The van der Waals surface area contributed by atoms with Crippen LogP contribution in [-0.4, -0.2) is 177 Å². The van der Waals surface area contributed by atoms with Gasteiger partial charge >= 0.3 is 12.1 Å². The number of rotatable bonds is 26. The molecule has 0 saturated carbocycles. The van der Waals surface area contributed by atoms with E-state index in [1.54, 1.807) is 45.9 Å². The number of allylic oxidation sites excluding steroid dienone is 5. The van der Waals surface area contributed by atoms with Gasteiger partial charge in [0.05, 0.1) is 112 Å². The number of aromatic nitrogens is 4. The summed E-state index contributed by atoms with van der Waals surface area (Å²) in [5, 5.41) is 11.8. The largest absolute Gasteiger partial charge is 0.460 e. The van der Waals surface area contributed by atoms with E-state index in [1.807, 2.05) is 52.8 Å². The monoisotopic (exact) mass is 1040 g/mol. The Morgan fingerprint density at radius 1 is 0.827 bits per heavy atom. The predicted octanol–water partition coefficient (Wildman–Crippen LogP) is 6.67. The number of ether oxygens (including phenoxy) is 7. The topological polar surface area (TPSA) is 246 Å². The number of aromatic amines is 2. The van der Waals surface area contributed by atoms with Crippen molar-refractivity contribution in [3.63, 3.8) is 0 Å². The molecule has 0 spiro atoms. The average molecular weight is 1040 g/mol. The number of aliphatic hydroxyl groups is 1. The number of likely N-dealkylation sites (N-methyl/N-ethyl adjacent to an activating group) is 1. The molecule has 0 aliphatic carbocycles. The summed E-state index contributed by atoms with van der Waals surface area (Å²) in [6, 6.07) is 5.76. The number of hydrogen-bond donors (Lipinski definition) is 4. The molecule has 6 rings (SSSR count). The van der Waals surface area contributed by atoms with Crippen molar-refractivity contribution >= 4 is 63.1 Å². The summed E-state index contributed by atoms with van der Waals surface area (Å²) in [5.41, 5.74) is 8.72. The lowest BCUT2D eigenvalue weighted by Crippen LogP contribution is -2.43. The number of H-pyrrole nitrogens is 2. The molecule has 4 N–H and O–H groups in total. The van der Waals surface area contributed by atoms with Crippen LogP contribution in [0.25, 0.3) is 33.3 Å². The Labute approximate surface area is 438 Å². The fourth-order valence-corrected chi connectivity index (χ4v) is 9.23. The molecule has 6 heterocycles. The molecule has 0 radical (unpaired) electrons. The highest BCUT2D eigenvalue weighted by Gasteiger charge is 2.40. The molecule has 4 aliphatic rings. The van der Waals surface area contributed by atoms with E-state index in [-0.39, 0.29) is 89.7 Å². The van der Waals surface area contributed by atoms with Crippen molar-refractivity contribution in [2.75, 3.05) is 106 Å². The third-order valence-electron chi connectivity index (χ3n) is 13.3. The van der Waals surface area contributed by atoms with Crippen molar-refractivity contribution in [1.29, 1.82) is 0 Å². The molecule has 8 bridgehead atoms. The molecule has 408 valence electrons. The molecule has 4 aliphatic heterocycles. The minimum Gasteiger partial charge on any atom is -0.460 e. The molecule has 0 aromatic carbocycles. The number of carbonyl (C=O) groups excluding carboxylic acids is 5. The van der Waals surface area contributed by atoms with Gasteiger partial charge in [0.1, 0.15) is 12.2 Å². The van der Waals surface area contributed by atoms with Crippen LogP contribution in [0.4, 0.5) is 4.79 Å². The summed E-state index contributed by atoms with van der Waals surface area (Å²) >= 11 is 0. The molecular formula is C55H75N7O13. The maximum atomic E-state index is 15.1. The number of hydrogen-bond acceptors (Lipinski definition) is 15. The summed E-state index contributed by atoms with van der Waals surface area (Å²) in [6.07, 6.45) is 3.54. The molecule has 20 heteroatoms. The van der Waals surface area contributed by atoms with Gasteiger partial charge in [-0.25, -0.2) is 19.6 Å². The average Bonchev–Trinajstić information content (AvgIpc) is 4.06. The maximum Gasteiger partial charge on any atom is 0.407 e. The predicted molar refractivity (Wildman–Crippen MR) is 282 cm³/mol. The number of nitrogens with zero attached hydrogens (tertiary/aromatic N) is 4. The van der Waals surface area contributed by atoms with Crippen molar-refractivity contribution in [2.24, 2.45) is 0 Å². The van der Waals surface area contributed by atoms with Crippen molar-refractivity contribution < 1.29 is 62.2 Å². The van der Waals surface area contributed by atoms with Crippen LogP contribution in [0.15, 0.2) is 30.4 Å². The Kier molecular flexibility index (Phi) is 20.8. The number of aryl methyl sites for hydroxylation is 1. The number of alkyl carbamates (subject to hydrolysis) is 1. The van der Waals surface area contributed by atoms with E-state index in [0.29, 0.717) is 95.5 Å². The normalized spacial score (nSPS) is 16.1. The standard InChI is InChI=1S/C55H75N7O13/c1-11-37-33(2)41-31-45-38(13-15-47(65)74-29-28-73-27-26-72-23-22-69-10)34(3)40(58-45)30-42-35(4)39(12-14-46(64)61(9)17-16-56-54(68)75-55(6,7)8)50(59-42)49-51-48(36(5)43(60-51)32-44(37)57-41)52(66)62(53(49)67)18-20-70-24-25-71-21-19-63/h13,15,30-32,35,39,59-60,63H,11-12,14,16-29H2,1-10H3,(H,56,68)/b15-13+,42-30?,44-32?,45-31?,50-49?/t35-,39-/m0/s1. The zero-order valence-electron chi connectivity index (χ0n) is 45.2. The maximum absolute atomic E-state index is 15.1. The van der Waals surface area contributed by atoms with E-state index in [1.165, 1.54) is 11.0 Å². The molecule has 0 unspecified atom stereocenters. The second-order valence-corrected chi connectivity index (χ2v) is 19.6. The van der Waals surface area contributed by atoms with E-state index < -0.39 is 35.4 Å². The number of methoxy groups -OCH3 is 1. The van der Waals surface area contributed by atoms with Gasteiger partial charge in [-0.15, -0.1) is 0 Å². The van der Waals surface area contributed by atoms with E-state index in [4.69, 9.17) is 48.2 Å². The zero-order chi connectivity index (χ0) is 54.4. The number of imide groups is 1. The second kappa shape index (κ2) is 27.0. The van der Waals surface area contributed by atoms with Crippen LogP contribution in [0.1, 0.15) is 140 Å². The smallest absolute Gasteiger partial charge is 0.407 e. The van der Waals surface area contributed by atoms with E-state index in [9.17, 15) is 19.2 Å². The van der Waals surface area contributed by atoms with Gasteiger partial charge in [-0.3, -0.25) is 19.3 Å². The number of carbonyl (C=O) groups is 5. The third-order valence-corrected chi connectivity index (χ3v) is 13.3. The molecule has 2 aromatic heterocycles. The Morgan fingerprint density at radius 2 is 1.47 bits per heavy atom. The Bertz CT molecular complexity index is 2730. The van der Waals surface area contributed by atoms with Gasteiger partial charge in [0.2, 0.25) is 5.91 Å². The van der Waals surface area contributed by atoms with Crippen molar-refractivity contribution in [3.05, 3.63) is 81.2 Å². The van der Waals surface area contributed by atoms with Gasteiger partial charge in [0.25, 0.3) is 11.8 Å². The first-order chi connectivity index (χ1) is 35.9. The first-order valence-corrected chi connectivity index (χ1v) is 25.7. The molecule has 2 atom stereocenters. The number of nitrogens with one attached hydrogen (secondary N) is 3. The highest BCUT2D eigenvalue weighted by atomic mass is 16.6. The molecule has 75 heavy (non-hydrogen) atoms. The lowest BCUT2D eigenvalue weighted by atomic mass is 9.84. The fourth-order valence-electron chi connectivity index (χ4n) is 9.23. The van der Waals surface area contributed by atoms with Gasteiger partial charge in [-0.1, -0.05) is 13.8 Å². The van der Waals surface area contributed by atoms with E-state index in [0.717, 1.165) is 22.4 Å². The van der Waals surface area contributed by atoms with Crippen LogP contribution in [0.5, 0.6) is 0 Å². The van der Waals surface area contributed by atoms with Crippen molar-refractivity contribution in [3.8, 4) is 0 Å². The second-order valence-electron chi connectivity index (χ2n) is 19.6. The number of amides is 4. The first-order valence-electron chi connectivity index (χ1n) is 25.7. The molecule has 0 saturated heterocycles. The minimum atomic E-state index is -0.673. The van der Waals surface area contributed by atoms with Crippen molar-refractivity contribution in [1.82, 2.24) is 35.1 Å². The quantitative estimate of drug-likeness (QED) is 0.0333. The number of fused-ring (bicyclic) bond motifs is 8. The fraction of sp³-hybridized carbons (Fsp3) is 0.545. The number of esters is 1. The Hall–Kier alpha value is -6.29. The first kappa shape index (κ1) is 58.0. The molecule has 0 fully saturated rings. The van der Waals surface area contributed by atoms with E-state index >= 15 is 4.79 Å². The van der Waals surface area contributed by atoms with Gasteiger partial charge in [-0.2, -0.15) is 0 Å².